The summed E-state index contributed by atoms with van der Waals surface area (Å²) < 4.78 is 14.6. The quantitative estimate of drug-likeness (QED) is 0.804. The average Bonchev–Trinajstić information content (AvgIpc) is 2.53. The molecule has 2 aromatic heterocycles. The third-order valence-electron chi connectivity index (χ3n) is 3.27. The first-order valence-electron chi connectivity index (χ1n) is 7.06. The maximum atomic E-state index is 12.9. The third kappa shape index (κ3) is 2.81. The molecule has 0 amide bonds. The molecular formula is C16H15FN4O. The minimum absolute atomic E-state index is 0.0826. The van der Waals surface area contributed by atoms with E-state index in [9.17, 15) is 9.18 Å². The number of nitrogens with zero attached hydrogens (tertiary/aromatic N) is 3. The van der Waals surface area contributed by atoms with Crippen molar-refractivity contribution in [3.8, 4) is 0 Å². The van der Waals surface area contributed by atoms with Crippen LogP contribution in [-0.4, -0.2) is 14.5 Å². The number of halogens is 1. The molecule has 22 heavy (non-hydrogen) atoms. The molecular weight excluding hydrogens is 283 g/mol. The van der Waals surface area contributed by atoms with E-state index in [1.807, 2.05) is 6.92 Å². The Balaban J connectivity index is 2.02. The van der Waals surface area contributed by atoms with Gasteiger partial charge in [-0.3, -0.25) is 9.36 Å². The Hall–Kier alpha value is -2.76. The summed E-state index contributed by atoms with van der Waals surface area (Å²) in [4.78, 5) is 20.6. The van der Waals surface area contributed by atoms with Crippen LogP contribution in [0.1, 0.15) is 13.3 Å². The highest BCUT2D eigenvalue weighted by Crippen LogP contribution is 2.16. The third-order valence-corrected chi connectivity index (χ3v) is 3.27. The Bertz CT molecular complexity index is 858. The molecule has 1 N–H and O–H groups in total. The van der Waals surface area contributed by atoms with Gasteiger partial charge in [0.25, 0.3) is 5.56 Å². The van der Waals surface area contributed by atoms with Crippen LogP contribution < -0.4 is 10.9 Å². The second-order valence-electron chi connectivity index (χ2n) is 4.93. The van der Waals surface area contributed by atoms with Crippen LogP contribution in [0.15, 0.2) is 47.4 Å². The van der Waals surface area contributed by atoms with Crippen molar-refractivity contribution in [1.82, 2.24) is 14.5 Å². The summed E-state index contributed by atoms with van der Waals surface area (Å²) in [6.45, 7) is 2.60. The molecule has 1 aromatic carbocycles. The molecule has 0 aliphatic rings. The van der Waals surface area contributed by atoms with Gasteiger partial charge in [-0.1, -0.05) is 6.92 Å². The number of benzene rings is 1. The van der Waals surface area contributed by atoms with Crippen LogP contribution in [0.2, 0.25) is 0 Å². The van der Waals surface area contributed by atoms with Crippen LogP contribution >= 0.6 is 0 Å². The van der Waals surface area contributed by atoms with Gasteiger partial charge in [-0.25, -0.2) is 9.37 Å². The first kappa shape index (κ1) is 14.2. The summed E-state index contributed by atoms with van der Waals surface area (Å²) in [7, 11) is 0. The second kappa shape index (κ2) is 5.93. The molecule has 3 rings (SSSR count). The number of hydrogen-bond donors (Lipinski definition) is 1. The maximum Gasteiger partial charge on any atom is 0.252 e. The van der Waals surface area contributed by atoms with E-state index in [-0.39, 0.29) is 11.4 Å². The number of pyridine rings is 1. The van der Waals surface area contributed by atoms with E-state index >= 15 is 0 Å². The SMILES string of the molecule is CCCn1c(=O)ccc2cnc(Nc3ccc(F)cc3)nc21. The number of hydrogen-bond acceptors (Lipinski definition) is 4. The number of aryl methyl sites for hydroxylation is 1. The first-order valence-corrected chi connectivity index (χ1v) is 7.06. The highest BCUT2D eigenvalue weighted by molar-refractivity contribution is 5.75. The molecule has 2 heterocycles. The molecule has 0 spiro atoms. The van der Waals surface area contributed by atoms with Crippen molar-refractivity contribution in [2.24, 2.45) is 0 Å². The monoisotopic (exact) mass is 298 g/mol. The first-order chi connectivity index (χ1) is 10.7. The topological polar surface area (TPSA) is 59.8 Å². The molecule has 0 saturated carbocycles. The Morgan fingerprint density at radius 1 is 1.18 bits per heavy atom. The van der Waals surface area contributed by atoms with Crippen molar-refractivity contribution in [2.45, 2.75) is 19.9 Å². The predicted octanol–water partition coefficient (Wildman–Crippen LogP) is 3.08. The van der Waals surface area contributed by atoms with Crippen LogP contribution in [0.3, 0.4) is 0 Å². The molecule has 3 aromatic rings. The van der Waals surface area contributed by atoms with E-state index in [0.29, 0.717) is 23.8 Å². The zero-order valence-electron chi connectivity index (χ0n) is 12.1. The van der Waals surface area contributed by atoms with Crippen molar-refractivity contribution in [3.05, 3.63) is 58.8 Å². The lowest BCUT2D eigenvalue weighted by atomic mass is 10.3. The van der Waals surface area contributed by atoms with Gasteiger partial charge in [0.15, 0.2) is 0 Å². The van der Waals surface area contributed by atoms with Crippen LogP contribution in [0.5, 0.6) is 0 Å². The number of fused-ring (bicyclic) bond motifs is 1. The molecule has 5 nitrogen and oxygen atoms in total. The van der Waals surface area contributed by atoms with Crippen molar-refractivity contribution < 1.29 is 4.39 Å². The number of nitrogens with one attached hydrogen (secondary N) is 1. The van der Waals surface area contributed by atoms with Gasteiger partial charge in [-0.05, 0) is 36.8 Å². The average molecular weight is 298 g/mol. The molecule has 6 heteroatoms. The van der Waals surface area contributed by atoms with E-state index in [4.69, 9.17) is 0 Å². The summed E-state index contributed by atoms with van der Waals surface area (Å²) in [5, 5.41) is 3.81. The number of anilines is 2. The molecule has 0 saturated heterocycles. The van der Waals surface area contributed by atoms with Crippen LogP contribution in [0, 0.1) is 5.82 Å². The normalized spacial score (nSPS) is 10.8. The second-order valence-corrected chi connectivity index (χ2v) is 4.93. The molecule has 0 aliphatic heterocycles. The highest BCUT2D eigenvalue weighted by Gasteiger charge is 2.06. The Morgan fingerprint density at radius 3 is 2.68 bits per heavy atom. The largest absolute Gasteiger partial charge is 0.324 e. The highest BCUT2D eigenvalue weighted by atomic mass is 19.1. The van der Waals surface area contributed by atoms with Gasteiger partial charge >= 0.3 is 0 Å². The fraction of sp³-hybridized carbons (Fsp3) is 0.188. The van der Waals surface area contributed by atoms with Gasteiger partial charge in [0.05, 0.1) is 0 Å². The minimum Gasteiger partial charge on any atom is -0.324 e. The zero-order chi connectivity index (χ0) is 15.5. The molecule has 0 bridgehead atoms. The predicted molar refractivity (Wildman–Crippen MR) is 83.8 cm³/mol. The summed E-state index contributed by atoms with van der Waals surface area (Å²) in [6.07, 6.45) is 2.50. The van der Waals surface area contributed by atoms with E-state index in [1.165, 1.54) is 18.2 Å². The van der Waals surface area contributed by atoms with Gasteiger partial charge in [0.1, 0.15) is 11.5 Å². The van der Waals surface area contributed by atoms with Crippen molar-refractivity contribution in [2.75, 3.05) is 5.32 Å². The molecule has 112 valence electrons. The Kier molecular flexibility index (Phi) is 3.82. The Morgan fingerprint density at radius 2 is 1.95 bits per heavy atom. The molecule has 0 atom stereocenters. The van der Waals surface area contributed by atoms with Gasteiger partial charge in [-0.2, -0.15) is 4.98 Å². The molecule has 0 aliphatic carbocycles. The van der Waals surface area contributed by atoms with Crippen molar-refractivity contribution in [3.63, 3.8) is 0 Å². The summed E-state index contributed by atoms with van der Waals surface area (Å²) >= 11 is 0. The number of aromatic nitrogens is 3. The minimum atomic E-state index is -0.304. The molecule has 0 radical (unpaired) electrons. The van der Waals surface area contributed by atoms with Crippen molar-refractivity contribution >= 4 is 22.7 Å². The Labute approximate surface area is 126 Å². The van der Waals surface area contributed by atoms with Gasteiger partial charge < -0.3 is 5.32 Å². The van der Waals surface area contributed by atoms with Gasteiger partial charge in [0, 0.05) is 29.9 Å². The van der Waals surface area contributed by atoms with Gasteiger partial charge in [-0.15, -0.1) is 0 Å². The summed E-state index contributed by atoms with van der Waals surface area (Å²) in [5.41, 5.74) is 1.19. The van der Waals surface area contributed by atoms with E-state index in [1.54, 1.807) is 29.0 Å². The lowest BCUT2D eigenvalue weighted by Crippen LogP contribution is -2.20. The standard InChI is InChI=1S/C16H15FN4O/c1-2-9-21-14(22)8-3-11-10-18-16(20-15(11)21)19-13-6-4-12(17)5-7-13/h3-8,10H,2,9H2,1H3,(H,18,19,20). The molecule has 0 unspecified atom stereocenters. The molecule has 0 fully saturated rings. The van der Waals surface area contributed by atoms with Gasteiger partial charge in [0.2, 0.25) is 5.95 Å². The van der Waals surface area contributed by atoms with E-state index in [0.717, 1.165) is 11.8 Å². The lowest BCUT2D eigenvalue weighted by molar-refractivity contribution is 0.628. The van der Waals surface area contributed by atoms with Crippen LogP contribution in [0.25, 0.3) is 11.0 Å². The maximum absolute atomic E-state index is 12.9. The fourth-order valence-corrected chi connectivity index (χ4v) is 2.23. The van der Waals surface area contributed by atoms with Crippen LogP contribution in [-0.2, 0) is 6.54 Å². The van der Waals surface area contributed by atoms with E-state index in [2.05, 4.69) is 15.3 Å². The summed E-state index contributed by atoms with van der Waals surface area (Å²) in [5.74, 6) is 0.0660. The zero-order valence-corrected chi connectivity index (χ0v) is 12.1. The van der Waals surface area contributed by atoms with Crippen molar-refractivity contribution in [1.29, 1.82) is 0 Å². The summed E-state index contributed by atoms with van der Waals surface area (Å²) in [6, 6.07) is 9.16. The smallest absolute Gasteiger partial charge is 0.252 e. The fourth-order valence-electron chi connectivity index (χ4n) is 2.23. The number of rotatable bonds is 4. The van der Waals surface area contributed by atoms with Crippen LogP contribution in [0.4, 0.5) is 16.0 Å². The van der Waals surface area contributed by atoms with E-state index < -0.39 is 0 Å². The lowest BCUT2D eigenvalue weighted by Gasteiger charge is -2.10.